The lowest BCUT2D eigenvalue weighted by atomic mass is 10.0. The Bertz CT molecular complexity index is 559. The molecule has 0 aliphatic carbocycles. The largest absolute Gasteiger partial charge is 0.323 e. The quantitative estimate of drug-likeness (QED) is 0.901. The molecule has 0 radical (unpaired) electrons. The minimum Gasteiger partial charge on any atom is -0.323 e. The molecule has 1 aromatic carbocycles. The topological polar surface area (TPSA) is 51.8 Å². The van der Waals surface area contributed by atoms with E-state index in [0.29, 0.717) is 12.0 Å². The fourth-order valence-electron chi connectivity index (χ4n) is 1.92. The van der Waals surface area contributed by atoms with Crippen molar-refractivity contribution in [1.29, 1.82) is 0 Å². The van der Waals surface area contributed by atoms with E-state index in [2.05, 4.69) is 32.4 Å². The molecular formula is C13H15BrFN3S. The molecule has 0 spiro atoms. The van der Waals surface area contributed by atoms with Crippen LogP contribution in [0.1, 0.15) is 35.5 Å². The van der Waals surface area contributed by atoms with E-state index in [-0.39, 0.29) is 11.9 Å². The minimum absolute atomic E-state index is 0.237. The first-order valence-electron chi connectivity index (χ1n) is 6.12. The molecule has 0 fully saturated rings. The van der Waals surface area contributed by atoms with Gasteiger partial charge in [0.1, 0.15) is 5.82 Å². The zero-order valence-electron chi connectivity index (χ0n) is 10.6. The van der Waals surface area contributed by atoms with Gasteiger partial charge in [-0.05, 0) is 42.1 Å². The highest BCUT2D eigenvalue weighted by Gasteiger charge is 2.17. The number of aryl methyl sites for hydroxylation is 1. The molecule has 0 amide bonds. The predicted octanol–water partition coefficient (Wildman–Crippen LogP) is 3.63. The minimum atomic E-state index is -0.253. The van der Waals surface area contributed by atoms with Gasteiger partial charge >= 0.3 is 0 Å². The Balaban J connectivity index is 2.16. The predicted molar refractivity (Wildman–Crippen MR) is 78.6 cm³/mol. The van der Waals surface area contributed by atoms with Crippen molar-refractivity contribution >= 4 is 27.5 Å². The van der Waals surface area contributed by atoms with Crippen LogP contribution in [0.15, 0.2) is 22.7 Å². The standard InChI is InChI=1S/C13H15BrFN3S/c1-2-3-12-13(19-18-17-12)11(16)6-8-4-5-9(14)7-10(8)15/h4-5,7,11H,2-3,6,16H2,1H3. The molecule has 6 heteroatoms. The molecule has 0 aliphatic rings. The fraction of sp³-hybridized carbons (Fsp3) is 0.385. The third-order valence-corrected chi connectivity index (χ3v) is 4.26. The summed E-state index contributed by atoms with van der Waals surface area (Å²) in [5, 5.41) is 4.09. The van der Waals surface area contributed by atoms with Crippen LogP contribution in [0.2, 0.25) is 0 Å². The molecule has 3 nitrogen and oxygen atoms in total. The molecule has 2 rings (SSSR count). The van der Waals surface area contributed by atoms with Gasteiger partial charge in [-0.2, -0.15) is 0 Å². The van der Waals surface area contributed by atoms with Crippen molar-refractivity contribution in [2.24, 2.45) is 5.73 Å². The highest BCUT2D eigenvalue weighted by Crippen LogP contribution is 2.25. The summed E-state index contributed by atoms with van der Waals surface area (Å²) >= 11 is 4.55. The SMILES string of the molecule is CCCc1nnsc1C(N)Cc1ccc(Br)cc1F. The summed E-state index contributed by atoms with van der Waals surface area (Å²) in [6.07, 6.45) is 2.32. The Morgan fingerprint density at radius 3 is 2.95 bits per heavy atom. The normalized spacial score (nSPS) is 12.6. The summed E-state index contributed by atoms with van der Waals surface area (Å²) in [6.45, 7) is 2.09. The van der Waals surface area contributed by atoms with Crippen molar-refractivity contribution in [3.05, 3.63) is 44.6 Å². The zero-order valence-corrected chi connectivity index (χ0v) is 13.0. The lowest BCUT2D eigenvalue weighted by Gasteiger charge is -2.11. The number of rotatable bonds is 5. The maximum absolute atomic E-state index is 13.8. The summed E-state index contributed by atoms with van der Waals surface area (Å²) < 4.78 is 18.5. The molecule has 2 N–H and O–H groups in total. The van der Waals surface area contributed by atoms with Gasteiger partial charge in [-0.3, -0.25) is 0 Å². The van der Waals surface area contributed by atoms with Crippen LogP contribution in [0, 0.1) is 5.82 Å². The van der Waals surface area contributed by atoms with E-state index in [0.717, 1.165) is 27.9 Å². The van der Waals surface area contributed by atoms with Gasteiger partial charge in [-0.25, -0.2) is 4.39 Å². The maximum atomic E-state index is 13.8. The number of nitrogens with zero attached hydrogens (tertiary/aromatic N) is 2. The van der Waals surface area contributed by atoms with Crippen LogP contribution in [0.5, 0.6) is 0 Å². The van der Waals surface area contributed by atoms with Gasteiger partial charge in [0, 0.05) is 10.5 Å². The third-order valence-electron chi connectivity index (χ3n) is 2.86. The van der Waals surface area contributed by atoms with E-state index in [1.54, 1.807) is 6.07 Å². The highest BCUT2D eigenvalue weighted by atomic mass is 79.9. The molecule has 19 heavy (non-hydrogen) atoms. The van der Waals surface area contributed by atoms with E-state index < -0.39 is 0 Å². The molecule has 2 aromatic rings. The number of halogens is 2. The van der Waals surface area contributed by atoms with E-state index in [4.69, 9.17) is 5.73 Å². The first-order valence-corrected chi connectivity index (χ1v) is 7.69. The molecule has 0 saturated carbocycles. The van der Waals surface area contributed by atoms with Crippen LogP contribution in [0.4, 0.5) is 4.39 Å². The Labute approximate surface area is 124 Å². The molecule has 0 saturated heterocycles. The van der Waals surface area contributed by atoms with Crippen LogP contribution in [-0.2, 0) is 12.8 Å². The Hall–Kier alpha value is -0.850. The molecule has 0 bridgehead atoms. The van der Waals surface area contributed by atoms with Gasteiger partial charge in [0.2, 0.25) is 0 Å². The van der Waals surface area contributed by atoms with Crippen molar-refractivity contribution in [2.45, 2.75) is 32.2 Å². The van der Waals surface area contributed by atoms with Crippen LogP contribution in [0.25, 0.3) is 0 Å². The number of aromatic nitrogens is 2. The molecule has 1 aromatic heterocycles. The van der Waals surface area contributed by atoms with Crippen molar-refractivity contribution in [3.8, 4) is 0 Å². The van der Waals surface area contributed by atoms with Crippen molar-refractivity contribution in [2.75, 3.05) is 0 Å². The van der Waals surface area contributed by atoms with E-state index in [1.807, 2.05) is 6.07 Å². The first-order chi connectivity index (χ1) is 9.11. The fourth-order valence-corrected chi connectivity index (χ4v) is 2.95. The second-order valence-electron chi connectivity index (χ2n) is 4.38. The third kappa shape index (κ3) is 3.58. The second kappa shape index (κ2) is 6.54. The van der Waals surface area contributed by atoms with Crippen LogP contribution in [-0.4, -0.2) is 9.59 Å². The van der Waals surface area contributed by atoms with Gasteiger partial charge in [-0.15, -0.1) is 5.10 Å². The second-order valence-corrected chi connectivity index (χ2v) is 6.08. The molecular weight excluding hydrogens is 329 g/mol. The van der Waals surface area contributed by atoms with Gasteiger partial charge in [0.05, 0.1) is 10.6 Å². The van der Waals surface area contributed by atoms with E-state index >= 15 is 0 Å². The lowest BCUT2D eigenvalue weighted by molar-refractivity contribution is 0.592. The Kier molecular flexibility index (Phi) is 5.01. The first kappa shape index (κ1) is 14.6. The number of benzene rings is 1. The molecule has 1 atom stereocenters. The van der Waals surface area contributed by atoms with Gasteiger partial charge in [-0.1, -0.05) is 39.8 Å². The van der Waals surface area contributed by atoms with Crippen molar-refractivity contribution in [1.82, 2.24) is 9.59 Å². The molecule has 102 valence electrons. The molecule has 1 unspecified atom stereocenters. The smallest absolute Gasteiger partial charge is 0.127 e. The maximum Gasteiger partial charge on any atom is 0.127 e. The number of hydrogen-bond donors (Lipinski definition) is 1. The van der Waals surface area contributed by atoms with Crippen LogP contribution >= 0.6 is 27.5 Å². The highest BCUT2D eigenvalue weighted by molar-refractivity contribution is 9.10. The van der Waals surface area contributed by atoms with E-state index in [1.165, 1.54) is 17.6 Å². The van der Waals surface area contributed by atoms with Crippen molar-refractivity contribution in [3.63, 3.8) is 0 Å². The lowest BCUT2D eigenvalue weighted by Crippen LogP contribution is -2.14. The summed E-state index contributed by atoms with van der Waals surface area (Å²) in [5.41, 5.74) is 7.72. The van der Waals surface area contributed by atoms with Gasteiger partial charge < -0.3 is 5.73 Å². The van der Waals surface area contributed by atoms with Gasteiger partial charge in [0.15, 0.2) is 0 Å². The average Bonchev–Trinajstić information content (AvgIpc) is 2.81. The Morgan fingerprint density at radius 1 is 1.47 bits per heavy atom. The summed E-state index contributed by atoms with van der Waals surface area (Å²) in [5.74, 6) is -0.237. The average molecular weight is 344 g/mol. The summed E-state index contributed by atoms with van der Waals surface area (Å²) in [7, 11) is 0. The summed E-state index contributed by atoms with van der Waals surface area (Å²) in [6, 6.07) is 4.79. The van der Waals surface area contributed by atoms with Crippen LogP contribution in [0.3, 0.4) is 0 Å². The molecule has 1 heterocycles. The van der Waals surface area contributed by atoms with Gasteiger partial charge in [0.25, 0.3) is 0 Å². The zero-order chi connectivity index (χ0) is 13.8. The Morgan fingerprint density at radius 2 is 2.26 bits per heavy atom. The number of nitrogens with two attached hydrogens (primary N) is 1. The summed E-state index contributed by atoms with van der Waals surface area (Å²) in [4.78, 5) is 0.962. The van der Waals surface area contributed by atoms with Crippen LogP contribution < -0.4 is 5.73 Å². The van der Waals surface area contributed by atoms with Crippen molar-refractivity contribution < 1.29 is 4.39 Å². The van der Waals surface area contributed by atoms with E-state index in [9.17, 15) is 4.39 Å². The number of hydrogen-bond acceptors (Lipinski definition) is 4. The monoisotopic (exact) mass is 343 g/mol. The molecule has 0 aliphatic heterocycles.